The van der Waals surface area contributed by atoms with Crippen molar-refractivity contribution in [3.05, 3.63) is 35.9 Å². The Bertz CT molecular complexity index is 330. The number of hydrogen-bond acceptors (Lipinski definition) is 2. The van der Waals surface area contributed by atoms with E-state index < -0.39 is 0 Å². The predicted octanol–water partition coefficient (Wildman–Crippen LogP) is 3.06. The van der Waals surface area contributed by atoms with E-state index in [9.17, 15) is 5.11 Å². The Hall–Kier alpha value is -0.860. The highest BCUT2D eigenvalue weighted by Gasteiger charge is 2.23. The van der Waals surface area contributed by atoms with Gasteiger partial charge in [0.05, 0.1) is 6.61 Å². The van der Waals surface area contributed by atoms with Gasteiger partial charge in [0, 0.05) is 19.1 Å². The van der Waals surface area contributed by atoms with Crippen molar-refractivity contribution in [2.24, 2.45) is 5.92 Å². The molecule has 0 aromatic heterocycles. The van der Waals surface area contributed by atoms with E-state index in [1.165, 1.54) is 31.2 Å². The molecule has 1 aromatic carbocycles. The Labute approximate surface area is 111 Å². The van der Waals surface area contributed by atoms with Crippen LogP contribution in [0, 0.1) is 5.92 Å². The van der Waals surface area contributed by atoms with Crippen LogP contribution in [0.25, 0.3) is 0 Å². The summed E-state index contributed by atoms with van der Waals surface area (Å²) in [6.45, 7) is 4.39. The molecule has 1 aliphatic rings. The summed E-state index contributed by atoms with van der Waals surface area (Å²) in [7, 11) is 0. The third kappa shape index (κ3) is 3.82. The molecule has 0 spiro atoms. The Morgan fingerprint density at radius 2 is 1.78 bits per heavy atom. The molecule has 1 saturated carbocycles. The first-order valence-corrected chi connectivity index (χ1v) is 7.18. The average Bonchev–Trinajstić information content (AvgIpc) is 2.40. The molecule has 0 bridgehead atoms. The number of aliphatic hydroxyl groups excluding tert-OH is 1. The van der Waals surface area contributed by atoms with E-state index in [0.29, 0.717) is 6.04 Å². The molecule has 2 nitrogen and oxygen atoms in total. The molecule has 0 unspecified atom stereocenters. The molecule has 0 saturated heterocycles. The molecule has 0 atom stereocenters. The van der Waals surface area contributed by atoms with Crippen LogP contribution in [-0.4, -0.2) is 29.2 Å². The second kappa shape index (κ2) is 6.91. The van der Waals surface area contributed by atoms with Crippen LogP contribution in [0.2, 0.25) is 0 Å². The first-order valence-electron chi connectivity index (χ1n) is 7.18. The quantitative estimate of drug-likeness (QED) is 0.864. The lowest BCUT2D eigenvalue weighted by Crippen LogP contribution is -2.39. The molecular weight excluding hydrogens is 222 g/mol. The molecule has 1 N–H and O–H groups in total. The van der Waals surface area contributed by atoms with Crippen molar-refractivity contribution in [3.63, 3.8) is 0 Å². The minimum atomic E-state index is 0.263. The summed E-state index contributed by atoms with van der Waals surface area (Å²) in [5.74, 6) is 0.883. The zero-order chi connectivity index (χ0) is 12.8. The Morgan fingerprint density at radius 3 is 2.39 bits per heavy atom. The second-order valence-corrected chi connectivity index (χ2v) is 5.59. The van der Waals surface area contributed by atoms with Gasteiger partial charge in [0.1, 0.15) is 0 Å². The van der Waals surface area contributed by atoms with Gasteiger partial charge in [0.15, 0.2) is 0 Å². The predicted molar refractivity (Wildman–Crippen MR) is 75.4 cm³/mol. The first kappa shape index (κ1) is 13.6. The van der Waals surface area contributed by atoms with E-state index in [-0.39, 0.29) is 6.61 Å². The molecule has 1 aliphatic carbocycles. The molecule has 100 valence electrons. The minimum Gasteiger partial charge on any atom is -0.395 e. The second-order valence-electron chi connectivity index (χ2n) is 5.59. The van der Waals surface area contributed by atoms with Crippen molar-refractivity contribution in [1.82, 2.24) is 4.90 Å². The normalized spacial score (nSPS) is 24.4. The molecule has 0 radical (unpaired) electrons. The van der Waals surface area contributed by atoms with Gasteiger partial charge >= 0.3 is 0 Å². The third-order valence-electron chi connectivity index (χ3n) is 4.12. The van der Waals surface area contributed by atoms with Gasteiger partial charge in [0.2, 0.25) is 0 Å². The Balaban J connectivity index is 1.95. The van der Waals surface area contributed by atoms with Crippen LogP contribution in [0.3, 0.4) is 0 Å². The highest BCUT2D eigenvalue weighted by Crippen LogP contribution is 2.27. The summed E-state index contributed by atoms with van der Waals surface area (Å²) in [6.07, 6.45) is 5.24. The molecule has 2 heteroatoms. The van der Waals surface area contributed by atoms with Crippen LogP contribution in [0.4, 0.5) is 0 Å². The van der Waals surface area contributed by atoms with Gasteiger partial charge in [-0.1, -0.05) is 37.3 Å². The number of nitrogens with zero attached hydrogens (tertiary/aromatic N) is 1. The lowest BCUT2D eigenvalue weighted by molar-refractivity contribution is 0.106. The summed E-state index contributed by atoms with van der Waals surface area (Å²) < 4.78 is 0. The minimum absolute atomic E-state index is 0.263. The maximum absolute atomic E-state index is 9.26. The van der Waals surface area contributed by atoms with Gasteiger partial charge < -0.3 is 5.11 Å². The zero-order valence-corrected chi connectivity index (χ0v) is 11.4. The number of aliphatic hydroxyl groups is 1. The van der Waals surface area contributed by atoms with E-state index in [1.54, 1.807) is 0 Å². The number of hydrogen-bond donors (Lipinski definition) is 1. The van der Waals surface area contributed by atoms with Crippen molar-refractivity contribution < 1.29 is 5.11 Å². The highest BCUT2D eigenvalue weighted by molar-refractivity contribution is 5.14. The highest BCUT2D eigenvalue weighted by atomic mass is 16.3. The fraction of sp³-hybridized carbons (Fsp3) is 0.625. The molecular formula is C16H25NO. The molecule has 0 aliphatic heterocycles. The van der Waals surface area contributed by atoms with Crippen molar-refractivity contribution in [2.75, 3.05) is 13.2 Å². The van der Waals surface area contributed by atoms with Crippen LogP contribution < -0.4 is 0 Å². The standard InChI is InChI=1S/C16H25NO/c1-14-7-9-16(10-8-14)17(11-12-18)13-15-5-3-2-4-6-15/h2-6,14,16,18H,7-13H2,1H3. The van der Waals surface area contributed by atoms with Crippen LogP contribution in [-0.2, 0) is 6.54 Å². The average molecular weight is 247 g/mol. The molecule has 18 heavy (non-hydrogen) atoms. The topological polar surface area (TPSA) is 23.5 Å². The van der Waals surface area contributed by atoms with Crippen molar-refractivity contribution in [1.29, 1.82) is 0 Å². The molecule has 2 rings (SSSR count). The van der Waals surface area contributed by atoms with Crippen molar-refractivity contribution in [2.45, 2.75) is 45.2 Å². The van der Waals surface area contributed by atoms with Gasteiger partial charge in [-0.15, -0.1) is 0 Å². The maximum Gasteiger partial charge on any atom is 0.0558 e. The van der Waals surface area contributed by atoms with Gasteiger partial charge in [-0.2, -0.15) is 0 Å². The van der Waals surface area contributed by atoms with E-state index in [0.717, 1.165) is 19.0 Å². The molecule has 0 amide bonds. The smallest absolute Gasteiger partial charge is 0.0558 e. The van der Waals surface area contributed by atoms with Crippen LogP contribution in [0.5, 0.6) is 0 Å². The lowest BCUT2D eigenvalue weighted by Gasteiger charge is -2.36. The first-order chi connectivity index (χ1) is 8.79. The van der Waals surface area contributed by atoms with Crippen LogP contribution in [0.15, 0.2) is 30.3 Å². The van der Waals surface area contributed by atoms with Crippen LogP contribution in [0.1, 0.15) is 38.2 Å². The molecule has 1 fully saturated rings. The van der Waals surface area contributed by atoms with E-state index in [4.69, 9.17) is 0 Å². The molecule has 1 aromatic rings. The summed E-state index contributed by atoms with van der Waals surface area (Å²) in [4.78, 5) is 2.46. The third-order valence-corrected chi connectivity index (χ3v) is 4.12. The lowest BCUT2D eigenvalue weighted by atomic mass is 9.86. The zero-order valence-electron chi connectivity index (χ0n) is 11.4. The summed E-state index contributed by atoms with van der Waals surface area (Å²) in [5.41, 5.74) is 1.35. The van der Waals surface area contributed by atoms with Crippen LogP contribution >= 0.6 is 0 Å². The largest absolute Gasteiger partial charge is 0.395 e. The van der Waals surface area contributed by atoms with E-state index in [2.05, 4.69) is 42.2 Å². The SMILES string of the molecule is CC1CCC(N(CCO)Cc2ccccc2)CC1. The maximum atomic E-state index is 9.26. The number of rotatable bonds is 5. The van der Waals surface area contributed by atoms with Gasteiger partial charge in [0.25, 0.3) is 0 Å². The Morgan fingerprint density at radius 1 is 1.11 bits per heavy atom. The fourth-order valence-electron chi connectivity index (χ4n) is 2.94. The molecule has 0 heterocycles. The summed E-state index contributed by atoms with van der Waals surface area (Å²) in [6, 6.07) is 11.3. The van der Waals surface area contributed by atoms with Crippen molar-refractivity contribution >= 4 is 0 Å². The van der Waals surface area contributed by atoms with Crippen molar-refractivity contribution in [3.8, 4) is 0 Å². The fourth-order valence-corrected chi connectivity index (χ4v) is 2.94. The monoisotopic (exact) mass is 247 g/mol. The Kier molecular flexibility index (Phi) is 5.21. The van der Waals surface area contributed by atoms with Gasteiger partial charge in [-0.05, 0) is 37.2 Å². The summed E-state index contributed by atoms with van der Waals surface area (Å²) in [5, 5.41) is 9.26. The summed E-state index contributed by atoms with van der Waals surface area (Å²) >= 11 is 0. The van der Waals surface area contributed by atoms with Gasteiger partial charge in [-0.25, -0.2) is 0 Å². The van der Waals surface area contributed by atoms with Gasteiger partial charge in [-0.3, -0.25) is 4.90 Å². The number of benzene rings is 1. The van der Waals surface area contributed by atoms with E-state index >= 15 is 0 Å². The van der Waals surface area contributed by atoms with E-state index in [1.807, 2.05) is 0 Å².